The first-order chi connectivity index (χ1) is 15.4. The van der Waals surface area contributed by atoms with Crippen LogP contribution in [0.2, 0.25) is 0 Å². The topological polar surface area (TPSA) is 119 Å². The summed E-state index contributed by atoms with van der Waals surface area (Å²) in [6.45, 7) is -0.00630. The predicted octanol–water partition coefficient (Wildman–Crippen LogP) is 2.79. The molecule has 164 valence electrons. The van der Waals surface area contributed by atoms with Crippen molar-refractivity contribution in [2.45, 2.75) is 0 Å². The first-order valence-corrected chi connectivity index (χ1v) is 9.85. The maximum Gasteiger partial charge on any atom is 0.274 e. The maximum absolute atomic E-state index is 12.8. The number of carbonyl (C=O) groups is 3. The van der Waals surface area contributed by atoms with Gasteiger partial charge in [0, 0.05) is 36.0 Å². The van der Waals surface area contributed by atoms with Gasteiger partial charge in [0.05, 0.1) is 6.61 Å². The summed E-state index contributed by atoms with van der Waals surface area (Å²) in [4.78, 5) is 38.4. The highest BCUT2D eigenvalue weighted by molar-refractivity contribution is 6.05. The van der Waals surface area contributed by atoms with E-state index >= 15 is 0 Å². The summed E-state index contributed by atoms with van der Waals surface area (Å²) in [6.07, 6.45) is 0. The molecule has 4 N–H and O–H groups in total. The van der Waals surface area contributed by atoms with Crippen molar-refractivity contribution in [1.82, 2.24) is 10.4 Å². The maximum atomic E-state index is 12.8. The number of amides is 3. The van der Waals surface area contributed by atoms with Crippen molar-refractivity contribution in [3.8, 4) is 11.1 Å². The molecular weight excluding hydrogens is 410 g/mol. The molecule has 3 amide bonds. The third-order valence-corrected chi connectivity index (χ3v) is 4.84. The Hall–Kier alpha value is -4.01. The monoisotopic (exact) mass is 433 g/mol. The van der Waals surface area contributed by atoms with Crippen LogP contribution in [0.1, 0.15) is 31.1 Å². The first kappa shape index (κ1) is 22.7. The summed E-state index contributed by atoms with van der Waals surface area (Å²) in [5.41, 5.74) is 4.43. The molecule has 8 nitrogen and oxygen atoms in total. The van der Waals surface area contributed by atoms with Gasteiger partial charge in [-0.2, -0.15) is 0 Å². The quantitative estimate of drug-likeness (QED) is 0.337. The molecule has 0 saturated carbocycles. The summed E-state index contributed by atoms with van der Waals surface area (Å²) in [7, 11) is 1.58. The van der Waals surface area contributed by atoms with Crippen molar-refractivity contribution in [3.63, 3.8) is 0 Å². The van der Waals surface area contributed by atoms with Crippen LogP contribution >= 0.6 is 0 Å². The fraction of sp³-hybridized carbons (Fsp3) is 0.125. The van der Waals surface area contributed by atoms with E-state index in [9.17, 15) is 14.4 Å². The van der Waals surface area contributed by atoms with Gasteiger partial charge in [-0.15, -0.1) is 0 Å². The van der Waals surface area contributed by atoms with Crippen molar-refractivity contribution < 1.29 is 24.7 Å². The smallest absolute Gasteiger partial charge is 0.274 e. The Morgan fingerprint density at radius 2 is 1.47 bits per heavy atom. The predicted molar refractivity (Wildman–Crippen MR) is 120 cm³/mol. The standard InChI is InChI=1S/C24H23N3O5/c1-27(11-12-28)24(31)20-13-19(16-7-9-18(10-8-16)23(30)26-32)14-21(15-20)25-22(29)17-5-3-2-4-6-17/h2-10,13-15,28,32H,11-12H2,1H3,(H,25,29)(H,26,30). The highest BCUT2D eigenvalue weighted by Gasteiger charge is 2.16. The van der Waals surface area contributed by atoms with Gasteiger partial charge in [0.15, 0.2) is 0 Å². The molecule has 0 bridgehead atoms. The van der Waals surface area contributed by atoms with Gasteiger partial charge in [-0.3, -0.25) is 19.6 Å². The average molecular weight is 433 g/mol. The summed E-state index contributed by atoms with van der Waals surface area (Å²) >= 11 is 0. The Balaban J connectivity index is 1.99. The lowest BCUT2D eigenvalue weighted by molar-refractivity contribution is 0.0706. The number of hydrogen-bond donors (Lipinski definition) is 4. The van der Waals surface area contributed by atoms with E-state index in [1.807, 2.05) is 6.07 Å². The van der Waals surface area contributed by atoms with Crippen LogP contribution < -0.4 is 10.8 Å². The number of aliphatic hydroxyl groups excluding tert-OH is 1. The van der Waals surface area contributed by atoms with Crippen LogP contribution in [0.25, 0.3) is 11.1 Å². The third-order valence-electron chi connectivity index (χ3n) is 4.84. The number of likely N-dealkylation sites (N-methyl/N-ethyl adjacent to an activating group) is 1. The zero-order valence-corrected chi connectivity index (χ0v) is 17.4. The van der Waals surface area contributed by atoms with E-state index in [1.165, 1.54) is 17.0 Å². The molecule has 0 aliphatic carbocycles. The lowest BCUT2D eigenvalue weighted by Gasteiger charge is -2.17. The van der Waals surface area contributed by atoms with E-state index in [1.54, 1.807) is 67.1 Å². The van der Waals surface area contributed by atoms with Crippen molar-refractivity contribution >= 4 is 23.4 Å². The van der Waals surface area contributed by atoms with Gasteiger partial charge in [0.25, 0.3) is 17.7 Å². The average Bonchev–Trinajstić information content (AvgIpc) is 2.83. The number of aliphatic hydroxyl groups is 1. The molecule has 3 aromatic carbocycles. The number of hydroxylamine groups is 1. The van der Waals surface area contributed by atoms with Crippen LogP contribution in [0, 0.1) is 0 Å². The molecule has 0 radical (unpaired) electrons. The molecule has 0 fully saturated rings. The van der Waals surface area contributed by atoms with Gasteiger partial charge in [0.2, 0.25) is 0 Å². The summed E-state index contributed by atoms with van der Waals surface area (Å²) < 4.78 is 0. The molecule has 0 aliphatic rings. The van der Waals surface area contributed by atoms with Gasteiger partial charge in [-0.05, 0) is 53.6 Å². The molecule has 0 atom stereocenters. The molecular formula is C24H23N3O5. The van der Waals surface area contributed by atoms with E-state index < -0.39 is 5.91 Å². The second-order valence-corrected chi connectivity index (χ2v) is 7.09. The summed E-state index contributed by atoms with van der Waals surface area (Å²) in [6, 6.07) is 20.1. The van der Waals surface area contributed by atoms with Crippen molar-refractivity contribution in [3.05, 3.63) is 89.5 Å². The number of nitrogens with zero attached hydrogens (tertiary/aromatic N) is 1. The highest BCUT2D eigenvalue weighted by atomic mass is 16.5. The molecule has 3 aromatic rings. The van der Waals surface area contributed by atoms with Crippen LogP contribution in [-0.2, 0) is 0 Å². The van der Waals surface area contributed by atoms with Crippen LogP contribution in [0.3, 0.4) is 0 Å². The third kappa shape index (κ3) is 5.37. The largest absolute Gasteiger partial charge is 0.395 e. The number of carbonyl (C=O) groups excluding carboxylic acids is 3. The van der Waals surface area contributed by atoms with Gasteiger partial charge < -0.3 is 15.3 Å². The van der Waals surface area contributed by atoms with Crippen LogP contribution in [0.5, 0.6) is 0 Å². The fourth-order valence-electron chi connectivity index (χ4n) is 3.13. The molecule has 0 saturated heterocycles. The Bertz CT molecular complexity index is 1110. The number of hydrogen-bond acceptors (Lipinski definition) is 5. The van der Waals surface area contributed by atoms with Crippen molar-refractivity contribution in [1.29, 1.82) is 0 Å². The minimum absolute atomic E-state index is 0.166. The molecule has 0 spiro atoms. The van der Waals surface area contributed by atoms with Gasteiger partial charge in [0.1, 0.15) is 0 Å². The van der Waals surface area contributed by atoms with E-state index in [4.69, 9.17) is 10.3 Å². The van der Waals surface area contributed by atoms with Gasteiger partial charge >= 0.3 is 0 Å². The SMILES string of the molecule is CN(CCO)C(=O)c1cc(NC(=O)c2ccccc2)cc(-c2ccc(C(=O)NO)cc2)c1. The summed E-state index contributed by atoms with van der Waals surface area (Å²) in [5, 5.41) is 20.8. The van der Waals surface area contributed by atoms with Crippen LogP contribution in [-0.4, -0.2) is 53.1 Å². The van der Waals surface area contributed by atoms with Crippen molar-refractivity contribution in [2.75, 3.05) is 25.5 Å². The molecule has 0 unspecified atom stereocenters. The second-order valence-electron chi connectivity index (χ2n) is 7.09. The zero-order chi connectivity index (χ0) is 23.1. The normalized spacial score (nSPS) is 10.3. The molecule has 8 heteroatoms. The van der Waals surface area contributed by atoms with E-state index in [2.05, 4.69) is 5.32 Å². The molecule has 0 aromatic heterocycles. The number of benzene rings is 3. The Morgan fingerprint density at radius 3 is 2.09 bits per heavy atom. The highest BCUT2D eigenvalue weighted by Crippen LogP contribution is 2.26. The van der Waals surface area contributed by atoms with Crippen molar-refractivity contribution in [2.24, 2.45) is 0 Å². The summed E-state index contributed by atoms with van der Waals surface area (Å²) in [5.74, 6) is -1.27. The number of nitrogens with one attached hydrogen (secondary N) is 2. The van der Waals surface area contributed by atoms with Gasteiger partial charge in [-0.1, -0.05) is 30.3 Å². The number of rotatable bonds is 7. The lowest BCUT2D eigenvalue weighted by Crippen LogP contribution is -2.29. The Labute approximate surface area is 185 Å². The molecule has 0 heterocycles. The number of anilines is 1. The minimum Gasteiger partial charge on any atom is -0.395 e. The van der Waals surface area contributed by atoms with Gasteiger partial charge in [-0.25, -0.2) is 5.48 Å². The fourth-order valence-corrected chi connectivity index (χ4v) is 3.13. The lowest BCUT2D eigenvalue weighted by atomic mass is 10.00. The minimum atomic E-state index is -0.637. The Kier molecular flexibility index (Phi) is 7.33. The van der Waals surface area contributed by atoms with Crippen LogP contribution in [0.15, 0.2) is 72.8 Å². The molecule has 0 aliphatic heterocycles. The zero-order valence-electron chi connectivity index (χ0n) is 17.4. The van der Waals surface area contributed by atoms with Crippen LogP contribution in [0.4, 0.5) is 5.69 Å². The molecule has 32 heavy (non-hydrogen) atoms. The van der Waals surface area contributed by atoms with E-state index in [0.29, 0.717) is 27.9 Å². The second kappa shape index (κ2) is 10.3. The van der Waals surface area contributed by atoms with E-state index in [0.717, 1.165) is 0 Å². The Morgan fingerprint density at radius 1 is 0.812 bits per heavy atom. The molecule has 3 rings (SSSR count). The first-order valence-electron chi connectivity index (χ1n) is 9.85. The van der Waals surface area contributed by atoms with E-state index in [-0.39, 0.29) is 30.5 Å².